The number of hydrogen-bond acceptors (Lipinski definition) is 1. The highest BCUT2D eigenvalue weighted by Crippen LogP contribution is 2.57. The average molecular weight is 806 g/mol. The van der Waals surface area contributed by atoms with Gasteiger partial charge in [-0.25, -0.2) is 0 Å². The SMILES string of the molecule is c1ccc(-c2ccccc2-c2ccccc2-c2ccccc2N(c2ccc(-c3cccc4c3ccc3ccccc34)cc2)c2ccc3c(c2)-c2ccccc2C32CCCCC2)cc1. The fraction of sp³-hybridized carbons (Fsp3) is 0.0968. The summed E-state index contributed by atoms with van der Waals surface area (Å²) in [5.41, 5.74) is 19.0. The van der Waals surface area contributed by atoms with Crippen LogP contribution in [-0.2, 0) is 5.41 Å². The van der Waals surface area contributed by atoms with Crippen molar-refractivity contribution in [3.8, 4) is 55.6 Å². The minimum atomic E-state index is 0.0992. The van der Waals surface area contributed by atoms with Crippen LogP contribution in [0.1, 0.15) is 43.2 Å². The molecule has 0 aliphatic heterocycles. The third kappa shape index (κ3) is 6.22. The summed E-state index contributed by atoms with van der Waals surface area (Å²) in [4.78, 5) is 2.50. The highest BCUT2D eigenvalue weighted by Gasteiger charge is 2.43. The summed E-state index contributed by atoms with van der Waals surface area (Å²) in [6.07, 6.45) is 6.32. The molecular weight excluding hydrogens is 759 g/mol. The van der Waals surface area contributed by atoms with E-state index in [2.05, 4.69) is 229 Å². The van der Waals surface area contributed by atoms with Gasteiger partial charge in [-0.2, -0.15) is 0 Å². The molecule has 0 amide bonds. The average Bonchev–Trinajstić information content (AvgIpc) is 3.62. The number of para-hydroxylation sites is 1. The molecule has 10 aromatic rings. The van der Waals surface area contributed by atoms with Crippen LogP contribution in [0.25, 0.3) is 77.2 Å². The van der Waals surface area contributed by atoms with Crippen molar-refractivity contribution in [2.45, 2.75) is 37.5 Å². The van der Waals surface area contributed by atoms with Crippen molar-refractivity contribution in [2.24, 2.45) is 0 Å². The molecule has 0 bridgehead atoms. The third-order valence-electron chi connectivity index (χ3n) is 14.1. The van der Waals surface area contributed by atoms with Gasteiger partial charge in [0.25, 0.3) is 0 Å². The van der Waals surface area contributed by atoms with E-state index in [0.717, 1.165) is 17.1 Å². The van der Waals surface area contributed by atoms with E-state index in [9.17, 15) is 0 Å². The Morgan fingerprint density at radius 2 is 0.857 bits per heavy atom. The van der Waals surface area contributed by atoms with Crippen molar-refractivity contribution in [2.75, 3.05) is 4.90 Å². The van der Waals surface area contributed by atoms with Gasteiger partial charge < -0.3 is 4.90 Å². The fourth-order valence-electron chi connectivity index (χ4n) is 11.2. The molecule has 1 heteroatoms. The molecule has 12 rings (SSSR count). The molecule has 63 heavy (non-hydrogen) atoms. The van der Waals surface area contributed by atoms with Crippen molar-refractivity contribution >= 4 is 38.6 Å². The van der Waals surface area contributed by atoms with Gasteiger partial charge in [0.1, 0.15) is 0 Å². The first-order valence-corrected chi connectivity index (χ1v) is 22.6. The Hall–Kier alpha value is -7.48. The predicted octanol–water partition coefficient (Wildman–Crippen LogP) is 17.4. The number of nitrogens with zero attached hydrogens (tertiary/aromatic N) is 1. The molecule has 10 aromatic carbocycles. The van der Waals surface area contributed by atoms with Gasteiger partial charge in [-0.15, -0.1) is 0 Å². The van der Waals surface area contributed by atoms with E-state index in [-0.39, 0.29) is 5.41 Å². The molecular formula is C62H47N. The molecule has 1 nitrogen and oxygen atoms in total. The molecule has 0 radical (unpaired) electrons. The molecule has 0 unspecified atom stereocenters. The Balaban J connectivity index is 1.04. The lowest BCUT2D eigenvalue weighted by Crippen LogP contribution is -2.28. The maximum absolute atomic E-state index is 2.50. The van der Waals surface area contributed by atoms with E-state index in [4.69, 9.17) is 0 Å². The monoisotopic (exact) mass is 805 g/mol. The predicted molar refractivity (Wildman–Crippen MR) is 267 cm³/mol. The van der Waals surface area contributed by atoms with Gasteiger partial charge in [0.2, 0.25) is 0 Å². The molecule has 2 aliphatic carbocycles. The minimum Gasteiger partial charge on any atom is -0.310 e. The summed E-state index contributed by atoms with van der Waals surface area (Å²) in [5.74, 6) is 0. The number of hydrogen-bond donors (Lipinski definition) is 0. The summed E-state index contributed by atoms with van der Waals surface area (Å²) >= 11 is 0. The van der Waals surface area contributed by atoms with Crippen molar-refractivity contribution in [1.82, 2.24) is 0 Å². The molecule has 300 valence electrons. The second-order valence-electron chi connectivity index (χ2n) is 17.5. The van der Waals surface area contributed by atoms with Gasteiger partial charge in [-0.1, -0.05) is 213 Å². The molecule has 0 atom stereocenters. The van der Waals surface area contributed by atoms with Gasteiger partial charge in [0, 0.05) is 22.4 Å². The van der Waals surface area contributed by atoms with E-state index in [1.54, 1.807) is 0 Å². The van der Waals surface area contributed by atoms with Gasteiger partial charge in [0.05, 0.1) is 5.69 Å². The van der Waals surface area contributed by atoms with Crippen molar-refractivity contribution in [3.63, 3.8) is 0 Å². The topological polar surface area (TPSA) is 3.24 Å². The first-order chi connectivity index (χ1) is 31.2. The molecule has 0 saturated heterocycles. The summed E-state index contributed by atoms with van der Waals surface area (Å²) < 4.78 is 0. The molecule has 0 N–H and O–H groups in total. The van der Waals surface area contributed by atoms with E-state index in [0.29, 0.717) is 0 Å². The number of benzene rings is 10. The van der Waals surface area contributed by atoms with Gasteiger partial charge in [0.15, 0.2) is 0 Å². The Kier molecular flexibility index (Phi) is 9.15. The highest BCUT2D eigenvalue weighted by molar-refractivity contribution is 6.12. The lowest BCUT2D eigenvalue weighted by molar-refractivity contribution is 0.353. The summed E-state index contributed by atoms with van der Waals surface area (Å²) in [7, 11) is 0. The van der Waals surface area contributed by atoms with E-state index < -0.39 is 0 Å². The van der Waals surface area contributed by atoms with Crippen molar-refractivity contribution in [1.29, 1.82) is 0 Å². The minimum absolute atomic E-state index is 0.0992. The molecule has 1 saturated carbocycles. The lowest BCUT2D eigenvalue weighted by Gasteiger charge is -2.36. The first kappa shape index (κ1) is 37.3. The van der Waals surface area contributed by atoms with Crippen LogP contribution >= 0.6 is 0 Å². The van der Waals surface area contributed by atoms with Gasteiger partial charge >= 0.3 is 0 Å². The van der Waals surface area contributed by atoms with Crippen LogP contribution in [0.3, 0.4) is 0 Å². The second-order valence-corrected chi connectivity index (χ2v) is 17.5. The van der Waals surface area contributed by atoms with E-state index in [1.165, 1.54) is 120 Å². The van der Waals surface area contributed by atoms with Crippen molar-refractivity contribution < 1.29 is 0 Å². The molecule has 1 fully saturated rings. The van der Waals surface area contributed by atoms with Crippen LogP contribution in [0, 0.1) is 0 Å². The molecule has 0 heterocycles. The van der Waals surface area contributed by atoms with Crippen LogP contribution in [-0.4, -0.2) is 0 Å². The van der Waals surface area contributed by atoms with Crippen LogP contribution in [0.4, 0.5) is 17.1 Å². The number of fused-ring (bicyclic) bond motifs is 8. The zero-order valence-corrected chi connectivity index (χ0v) is 35.3. The number of rotatable bonds is 7. The van der Waals surface area contributed by atoms with Gasteiger partial charge in [-0.05, 0) is 126 Å². The fourth-order valence-corrected chi connectivity index (χ4v) is 11.2. The van der Waals surface area contributed by atoms with Crippen LogP contribution < -0.4 is 4.90 Å². The first-order valence-electron chi connectivity index (χ1n) is 22.6. The number of anilines is 3. The summed E-state index contributed by atoms with van der Waals surface area (Å²) in [5, 5.41) is 5.11. The van der Waals surface area contributed by atoms with E-state index in [1.807, 2.05) is 0 Å². The quantitative estimate of drug-likeness (QED) is 0.145. The van der Waals surface area contributed by atoms with Gasteiger partial charge in [-0.3, -0.25) is 0 Å². The zero-order valence-electron chi connectivity index (χ0n) is 35.3. The lowest BCUT2D eigenvalue weighted by atomic mass is 9.68. The Labute approximate surface area is 370 Å². The van der Waals surface area contributed by atoms with Crippen LogP contribution in [0.15, 0.2) is 224 Å². The largest absolute Gasteiger partial charge is 0.310 e. The second kappa shape index (κ2) is 15.5. The van der Waals surface area contributed by atoms with E-state index >= 15 is 0 Å². The Bertz CT molecular complexity index is 3320. The third-order valence-corrected chi connectivity index (χ3v) is 14.1. The maximum atomic E-state index is 2.50. The highest BCUT2D eigenvalue weighted by atomic mass is 15.1. The standard InChI is InChI=1S/C62H47N/c1-3-18-43(19-4-1)48-22-7-8-23-51(48)53-24-9-10-25-54(53)57-27-12-14-31-61(57)63(47-37-39-60-58(42-47)56-26-11-13-30-59(56)62(60)40-15-2-16-41-62)46-35-32-45(33-36-46)50-28-17-29-52-49-21-6-5-20-44(49)34-38-55(50)52/h1,3-14,17-39,42H,2,15-16,40-41H2. The zero-order chi connectivity index (χ0) is 41.7. The normalized spacial score (nSPS) is 13.8. The maximum Gasteiger partial charge on any atom is 0.0540 e. The Morgan fingerprint density at radius 3 is 1.65 bits per heavy atom. The Morgan fingerprint density at radius 1 is 0.302 bits per heavy atom. The summed E-state index contributed by atoms with van der Waals surface area (Å²) in [6.45, 7) is 0. The molecule has 0 aromatic heterocycles. The van der Waals surface area contributed by atoms with Crippen LogP contribution in [0.5, 0.6) is 0 Å². The molecule has 2 aliphatic rings. The molecule has 1 spiro atoms. The summed E-state index contributed by atoms with van der Waals surface area (Å²) in [6, 6.07) is 83.4. The van der Waals surface area contributed by atoms with Crippen LogP contribution in [0.2, 0.25) is 0 Å². The smallest absolute Gasteiger partial charge is 0.0540 e. The van der Waals surface area contributed by atoms with Crippen molar-refractivity contribution in [3.05, 3.63) is 236 Å².